The van der Waals surface area contributed by atoms with Gasteiger partial charge in [0.1, 0.15) is 5.54 Å². The Balaban J connectivity index is 2.51. The molecule has 0 bridgehead atoms. The largest absolute Gasteiger partial charge is 0.341 e. The maximum absolute atomic E-state index is 11.6. The predicted molar refractivity (Wildman–Crippen MR) is 47.6 cm³/mol. The van der Waals surface area contributed by atoms with Crippen molar-refractivity contribution < 1.29 is 4.79 Å². The van der Waals surface area contributed by atoms with Gasteiger partial charge in [0.2, 0.25) is 5.91 Å². The zero-order valence-electron chi connectivity index (χ0n) is 7.89. The van der Waals surface area contributed by atoms with E-state index in [-0.39, 0.29) is 5.91 Å². The quantitative estimate of drug-likeness (QED) is 0.579. The van der Waals surface area contributed by atoms with Gasteiger partial charge < -0.3 is 4.90 Å². The summed E-state index contributed by atoms with van der Waals surface area (Å²) in [5.74, 6) is -0.0257. The maximum atomic E-state index is 11.6. The summed E-state index contributed by atoms with van der Waals surface area (Å²) in [6, 6.07) is 0. The van der Waals surface area contributed by atoms with Crippen LogP contribution in [0.2, 0.25) is 0 Å². The van der Waals surface area contributed by atoms with Gasteiger partial charge in [-0.1, -0.05) is 0 Å². The highest BCUT2D eigenvalue weighted by atomic mass is 16.2. The summed E-state index contributed by atoms with van der Waals surface area (Å²) in [4.78, 5) is 13.4. The molecule has 1 aliphatic heterocycles. The van der Waals surface area contributed by atoms with Crippen LogP contribution in [0.3, 0.4) is 0 Å². The summed E-state index contributed by atoms with van der Waals surface area (Å²) in [5, 5.41) is 0. The smallest absolute Gasteiger partial charge is 0.243 e. The average Bonchev–Trinajstić information content (AvgIpc) is 2.03. The number of hydrogen-bond acceptors (Lipinski definition) is 1. The highest BCUT2D eigenvalue weighted by Gasteiger charge is 2.28. The summed E-state index contributed by atoms with van der Waals surface area (Å²) in [6.45, 7) is 5.01. The van der Waals surface area contributed by atoms with Crippen LogP contribution < -0.4 is 5.73 Å². The predicted octanol–water partition coefficient (Wildman–Crippen LogP) is 1.06. The fraction of sp³-hybridized carbons (Fsp3) is 0.889. The highest BCUT2D eigenvalue weighted by Crippen LogP contribution is 2.13. The van der Waals surface area contributed by atoms with Crippen LogP contribution in [-0.2, 0) is 4.79 Å². The topological polar surface area (TPSA) is 44.1 Å². The minimum atomic E-state index is -0.947. The Kier molecular flexibility index (Phi) is 2.73. The summed E-state index contributed by atoms with van der Waals surface area (Å²) >= 11 is 0. The lowest BCUT2D eigenvalue weighted by Gasteiger charge is -2.31. The SMILES string of the molecule is CC(C)([NH])C(=O)N1CCCCC1. The molecule has 1 N–H and O–H groups in total. The number of amides is 1. The Bertz CT molecular complexity index is 166. The van der Waals surface area contributed by atoms with E-state index >= 15 is 0 Å². The zero-order valence-corrected chi connectivity index (χ0v) is 7.89. The van der Waals surface area contributed by atoms with Crippen molar-refractivity contribution in [1.82, 2.24) is 10.6 Å². The van der Waals surface area contributed by atoms with Gasteiger partial charge in [0.25, 0.3) is 0 Å². The Morgan fingerprint density at radius 1 is 1.25 bits per heavy atom. The molecule has 0 aliphatic carbocycles. The molecule has 1 rings (SSSR count). The highest BCUT2D eigenvalue weighted by molar-refractivity contribution is 5.85. The molecule has 0 aromatic rings. The van der Waals surface area contributed by atoms with Crippen molar-refractivity contribution in [3.05, 3.63) is 0 Å². The van der Waals surface area contributed by atoms with E-state index in [2.05, 4.69) is 0 Å². The van der Waals surface area contributed by atoms with Gasteiger partial charge in [0.15, 0.2) is 0 Å². The van der Waals surface area contributed by atoms with Crippen molar-refractivity contribution in [2.24, 2.45) is 0 Å². The number of piperidine rings is 1. The fourth-order valence-corrected chi connectivity index (χ4v) is 1.49. The first-order valence-electron chi connectivity index (χ1n) is 4.56. The fourth-order valence-electron chi connectivity index (χ4n) is 1.49. The molecule has 0 atom stereocenters. The Morgan fingerprint density at radius 3 is 2.17 bits per heavy atom. The molecule has 12 heavy (non-hydrogen) atoms. The molecule has 1 heterocycles. The Hall–Kier alpha value is -0.570. The van der Waals surface area contributed by atoms with Gasteiger partial charge in [-0.2, -0.15) is 0 Å². The van der Waals surface area contributed by atoms with E-state index in [0.29, 0.717) is 0 Å². The summed E-state index contributed by atoms with van der Waals surface area (Å²) in [5.41, 5.74) is 6.64. The van der Waals surface area contributed by atoms with Gasteiger partial charge >= 0.3 is 0 Å². The van der Waals surface area contributed by atoms with Crippen LogP contribution in [0.5, 0.6) is 0 Å². The maximum Gasteiger partial charge on any atom is 0.243 e. The second-order valence-electron chi connectivity index (χ2n) is 3.98. The number of carbonyl (C=O) groups is 1. The minimum Gasteiger partial charge on any atom is -0.341 e. The van der Waals surface area contributed by atoms with Crippen molar-refractivity contribution in [1.29, 1.82) is 0 Å². The zero-order chi connectivity index (χ0) is 9.19. The van der Waals surface area contributed by atoms with Crippen LogP contribution in [0.15, 0.2) is 0 Å². The molecule has 0 unspecified atom stereocenters. The van der Waals surface area contributed by atoms with Crippen LogP contribution in [0, 0.1) is 0 Å². The van der Waals surface area contributed by atoms with Gasteiger partial charge in [-0.25, -0.2) is 5.73 Å². The lowest BCUT2D eigenvalue weighted by Crippen LogP contribution is -2.48. The van der Waals surface area contributed by atoms with Crippen LogP contribution in [0.25, 0.3) is 0 Å². The van der Waals surface area contributed by atoms with E-state index < -0.39 is 5.54 Å². The van der Waals surface area contributed by atoms with E-state index in [9.17, 15) is 4.79 Å². The van der Waals surface area contributed by atoms with Crippen LogP contribution in [0.4, 0.5) is 0 Å². The molecule has 0 saturated carbocycles. The van der Waals surface area contributed by atoms with E-state index in [0.717, 1.165) is 25.9 Å². The first kappa shape index (κ1) is 9.52. The second-order valence-corrected chi connectivity index (χ2v) is 3.98. The lowest BCUT2D eigenvalue weighted by atomic mass is 10.0. The Labute approximate surface area is 73.9 Å². The van der Waals surface area contributed by atoms with Crippen molar-refractivity contribution in [2.45, 2.75) is 38.6 Å². The number of nitrogens with one attached hydrogen (secondary N) is 1. The molecule has 0 aromatic carbocycles. The molecule has 1 saturated heterocycles. The molecule has 0 aromatic heterocycles. The second kappa shape index (κ2) is 3.44. The monoisotopic (exact) mass is 169 g/mol. The molecule has 1 aliphatic rings. The number of nitrogens with zero attached hydrogens (tertiary/aromatic N) is 1. The third-order valence-corrected chi connectivity index (χ3v) is 2.18. The van der Waals surface area contributed by atoms with Gasteiger partial charge in [-0.15, -0.1) is 0 Å². The standard InChI is InChI=1S/C9H17N2O/c1-9(2,10)8(12)11-6-4-3-5-7-11/h10H,3-7H2,1-2H3. The third-order valence-electron chi connectivity index (χ3n) is 2.18. The normalized spacial score (nSPS) is 19.4. The van der Waals surface area contributed by atoms with Crippen LogP contribution in [0.1, 0.15) is 33.1 Å². The molecule has 0 spiro atoms. The van der Waals surface area contributed by atoms with Crippen molar-refractivity contribution in [2.75, 3.05) is 13.1 Å². The first-order chi connectivity index (χ1) is 5.52. The van der Waals surface area contributed by atoms with Crippen molar-refractivity contribution in [3.8, 4) is 0 Å². The van der Waals surface area contributed by atoms with Crippen molar-refractivity contribution >= 4 is 5.91 Å². The number of rotatable bonds is 1. The summed E-state index contributed by atoms with van der Waals surface area (Å²) in [7, 11) is 0. The lowest BCUT2D eigenvalue weighted by molar-refractivity contribution is -0.136. The molecule has 1 amide bonds. The summed E-state index contributed by atoms with van der Waals surface area (Å²) in [6.07, 6.45) is 3.42. The van der Waals surface area contributed by atoms with Crippen molar-refractivity contribution in [3.63, 3.8) is 0 Å². The molecule has 3 nitrogen and oxygen atoms in total. The number of hydrogen-bond donors (Lipinski definition) is 0. The molecule has 1 fully saturated rings. The molecular formula is C9H17N2O. The van der Waals surface area contributed by atoms with E-state index in [1.807, 2.05) is 4.90 Å². The van der Waals surface area contributed by atoms with E-state index in [1.165, 1.54) is 6.42 Å². The van der Waals surface area contributed by atoms with E-state index in [4.69, 9.17) is 5.73 Å². The molecule has 69 valence electrons. The minimum absolute atomic E-state index is 0.0257. The van der Waals surface area contributed by atoms with Gasteiger partial charge in [-0.3, -0.25) is 4.79 Å². The van der Waals surface area contributed by atoms with Crippen LogP contribution in [-0.4, -0.2) is 29.4 Å². The van der Waals surface area contributed by atoms with E-state index in [1.54, 1.807) is 13.8 Å². The third kappa shape index (κ3) is 2.21. The number of likely N-dealkylation sites (tertiary alicyclic amines) is 1. The molecular weight excluding hydrogens is 152 g/mol. The summed E-state index contributed by atoms with van der Waals surface area (Å²) < 4.78 is 0. The average molecular weight is 169 g/mol. The molecule has 1 radical (unpaired) electrons. The number of carbonyl (C=O) groups excluding carboxylic acids is 1. The molecule has 3 heteroatoms. The van der Waals surface area contributed by atoms with Gasteiger partial charge in [0, 0.05) is 13.1 Å². The van der Waals surface area contributed by atoms with Gasteiger partial charge in [0.05, 0.1) is 0 Å². The first-order valence-corrected chi connectivity index (χ1v) is 4.56. The van der Waals surface area contributed by atoms with Gasteiger partial charge in [-0.05, 0) is 33.1 Å². The Morgan fingerprint density at radius 2 is 1.75 bits per heavy atom. The van der Waals surface area contributed by atoms with Crippen LogP contribution >= 0.6 is 0 Å².